The predicted molar refractivity (Wildman–Crippen MR) is 70.0 cm³/mol. The number of carbonyl (C=O) groups excluding carboxylic acids is 1. The average Bonchev–Trinajstić information content (AvgIpc) is 2.34. The van der Waals surface area contributed by atoms with Crippen molar-refractivity contribution in [2.24, 2.45) is 0 Å². The van der Waals surface area contributed by atoms with E-state index in [4.69, 9.17) is 11.6 Å². The van der Waals surface area contributed by atoms with E-state index in [0.717, 1.165) is 0 Å². The Bertz CT molecular complexity index is 599. The molecule has 4 nitrogen and oxygen atoms in total. The summed E-state index contributed by atoms with van der Waals surface area (Å²) >= 11 is 5.71. The molecule has 5 heteroatoms. The van der Waals surface area contributed by atoms with Gasteiger partial charge in [-0.2, -0.15) is 0 Å². The Balaban J connectivity index is 2.18. The summed E-state index contributed by atoms with van der Waals surface area (Å²) in [6.45, 7) is 1.76. The van der Waals surface area contributed by atoms with E-state index in [-0.39, 0.29) is 16.8 Å². The van der Waals surface area contributed by atoms with E-state index < -0.39 is 0 Å². The molecule has 2 aromatic rings. The van der Waals surface area contributed by atoms with E-state index in [1.54, 1.807) is 25.1 Å². The van der Waals surface area contributed by atoms with Gasteiger partial charge in [0.1, 0.15) is 10.9 Å². The van der Waals surface area contributed by atoms with E-state index in [1.165, 1.54) is 18.3 Å². The van der Waals surface area contributed by atoms with Crippen LogP contribution >= 0.6 is 11.6 Å². The summed E-state index contributed by atoms with van der Waals surface area (Å²) in [5.74, 6) is -0.0793. The standard InChI is InChI=1S/C13H11ClN2O2/c1-8-6-10(2-3-11(8)17)16-13(18)9-4-5-15-12(14)7-9/h2-7,17H,1H3,(H,16,18). The summed E-state index contributed by atoms with van der Waals surface area (Å²) in [7, 11) is 0. The van der Waals surface area contributed by atoms with Crippen LogP contribution in [0, 0.1) is 6.92 Å². The van der Waals surface area contributed by atoms with Gasteiger partial charge in [-0.05, 0) is 42.8 Å². The van der Waals surface area contributed by atoms with E-state index >= 15 is 0 Å². The molecule has 18 heavy (non-hydrogen) atoms. The lowest BCUT2D eigenvalue weighted by Gasteiger charge is -2.07. The molecule has 0 bridgehead atoms. The zero-order valence-corrected chi connectivity index (χ0v) is 10.4. The van der Waals surface area contributed by atoms with Crippen molar-refractivity contribution in [2.75, 3.05) is 5.32 Å². The number of phenolic OH excluding ortho intramolecular Hbond substituents is 1. The number of anilines is 1. The molecule has 0 atom stereocenters. The van der Waals surface area contributed by atoms with Crippen LogP contribution in [0.25, 0.3) is 0 Å². The lowest BCUT2D eigenvalue weighted by Crippen LogP contribution is -2.12. The van der Waals surface area contributed by atoms with E-state index in [2.05, 4.69) is 10.3 Å². The molecule has 0 radical (unpaired) electrons. The number of rotatable bonds is 2. The van der Waals surface area contributed by atoms with Gasteiger partial charge in [-0.3, -0.25) is 4.79 Å². The maximum absolute atomic E-state index is 11.9. The molecule has 0 aliphatic heterocycles. The highest BCUT2D eigenvalue weighted by Gasteiger charge is 2.07. The minimum Gasteiger partial charge on any atom is -0.508 e. The highest BCUT2D eigenvalue weighted by molar-refractivity contribution is 6.29. The number of aromatic hydroxyl groups is 1. The van der Waals surface area contributed by atoms with Gasteiger partial charge in [0.05, 0.1) is 0 Å². The second-order valence-corrected chi connectivity index (χ2v) is 4.21. The molecule has 0 unspecified atom stereocenters. The second-order valence-electron chi connectivity index (χ2n) is 3.82. The summed E-state index contributed by atoms with van der Waals surface area (Å²) in [6, 6.07) is 7.92. The van der Waals surface area contributed by atoms with Crippen molar-refractivity contribution in [2.45, 2.75) is 6.92 Å². The van der Waals surface area contributed by atoms with Crippen molar-refractivity contribution >= 4 is 23.2 Å². The van der Waals surface area contributed by atoms with Gasteiger partial charge >= 0.3 is 0 Å². The van der Waals surface area contributed by atoms with Crippen LogP contribution in [0.5, 0.6) is 5.75 Å². The summed E-state index contributed by atoms with van der Waals surface area (Å²) in [6.07, 6.45) is 1.47. The first-order valence-electron chi connectivity index (χ1n) is 5.29. The molecule has 0 saturated carbocycles. The highest BCUT2D eigenvalue weighted by atomic mass is 35.5. The number of nitrogens with zero attached hydrogens (tertiary/aromatic N) is 1. The third-order valence-corrected chi connectivity index (χ3v) is 2.65. The molecule has 0 saturated heterocycles. The Labute approximate surface area is 109 Å². The number of amides is 1. The Hall–Kier alpha value is -2.07. The molecular formula is C13H11ClN2O2. The molecular weight excluding hydrogens is 252 g/mol. The molecule has 92 valence electrons. The summed E-state index contributed by atoms with van der Waals surface area (Å²) < 4.78 is 0. The van der Waals surface area contributed by atoms with Gasteiger partial charge in [-0.1, -0.05) is 11.6 Å². The van der Waals surface area contributed by atoms with Gasteiger partial charge in [0, 0.05) is 17.4 Å². The second kappa shape index (κ2) is 5.06. The SMILES string of the molecule is Cc1cc(NC(=O)c2ccnc(Cl)c2)ccc1O. The van der Waals surface area contributed by atoms with Crippen LogP contribution < -0.4 is 5.32 Å². The Morgan fingerprint density at radius 1 is 1.33 bits per heavy atom. The first-order valence-corrected chi connectivity index (χ1v) is 5.66. The predicted octanol–water partition coefficient (Wildman–Crippen LogP) is 3.00. The number of aromatic nitrogens is 1. The first-order chi connectivity index (χ1) is 8.56. The summed E-state index contributed by atoms with van der Waals surface area (Å²) in [5, 5.41) is 12.4. The molecule has 2 rings (SSSR count). The molecule has 1 aromatic heterocycles. The van der Waals surface area contributed by atoms with Gasteiger partial charge in [0.2, 0.25) is 0 Å². The fourth-order valence-corrected chi connectivity index (χ4v) is 1.65. The number of nitrogens with one attached hydrogen (secondary N) is 1. The Morgan fingerprint density at radius 2 is 2.11 bits per heavy atom. The van der Waals surface area contributed by atoms with Gasteiger partial charge in [0.15, 0.2) is 0 Å². The largest absolute Gasteiger partial charge is 0.508 e. The summed E-state index contributed by atoms with van der Waals surface area (Å²) in [4.78, 5) is 15.7. The highest BCUT2D eigenvalue weighted by Crippen LogP contribution is 2.20. The smallest absolute Gasteiger partial charge is 0.255 e. The number of carbonyl (C=O) groups is 1. The van der Waals surface area contributed by atoms with Crippen molar-refractivity contribution in [3.63, 3.8) is 0 Å². The van der Waals surface area contributed by atoms with Crippen molar-refractivity contribution in [3.05, 3.63) is 52.8 Å². The van der Waals surface area contributed by atoms with Crippen LogP contribution in [-0.4, -0.2) is 16.0 Å². The number of aryl methyl sites for hydroxylation is 1. The monoisotopic (exact) mass is 262 g/mol. The van der Waals surface area contributed by atoms with E-state index in [0.29, 0.717) is 16.8 Å². The third-order valence-electron chi connectivity index (χ3n) is 2.44. The molecule has 0 aliphatic rings. The normalized spacial score (nSPS) is 10.1. The third kappa shape index (κ3) is 2.78. The van der Waals surface area contributed by atoms with Crippen LogP contribution in [0.15, 0.2) is 36.5 Å². The number of benzene rings is 1. The zero-order chi connectivity index (χ0) is 13.1. The first kappa shape index (κ1) is 12.4. The number of pyridine rings is 1. The minimum absolute atomic E-state index is 0.194. The maximum Gasteiger partial charge on any atom is 0.255 e. The van der Waals surface area contributed by atoms with E-state index in [9.17, 15) is 9.90 Å². The minimum atomic E-state index is -0.274. The van der Waals surface area contributed by atoms with Crippen LogP contribution in [-0.2, 0) is 0 Å². The number of phenols is 1. The fourth-order valence-electron chi connectivity index (χ4n) is 1.48. The fraction of sp³-hybridized carbons (Fsp3) is 0.0769. The summed E-state index contributed by atoms with van der Waals surface area (Å²) in [5.41, 5.74) is 1.74. The topological polar surface area (TPSA) is 62.2 Å². The quantitative estimate of drug-likeness (QED) is 0.646. The molecule has 0 aliphatic carbocycles. The Morgan fingerprint density at radius 3 is 2.78 bits per heavy atom. The number of halogens is 1. The molecule has 2 N–H and O–H groups in total. The van der Waals surface area contributed by atoms with Crippen molar-refractivity contribution in [1.82, 2.24) is 4.98 Å². The van der Waals surface area contributed by atoms with Crippen LogP contribution in [0.1, 0.15) is 15.9 Å². The van der Waals surface area contributed by atoms with Gasteiger partial charge in [-0.25, -0.2) is 4.98 Å². The lowest BCUT2D eigenvalue weighted by atomic mass is 10.2. The lowest BCUT2D eigenvalue weighted by molar-refractivity contribution is 0.102. The molecule has 1 amide bonds. The van der Waals surface area contributed by atoms with Crippen molar-refractivity contribution in [1.29, 1.82) is 0 Å². The molecule has 0 spiro atoms. The molecule has 1 heterocycles. The van der Waals surface area contributed by atoms with Gasteiger partial charge in [-0.15, -0.1) is 0 Å². The number of hydrogen-bond donors (Lipinski definition) is 2. The van der Waals surface area contributed by atoms with Crippen molar-refractivity contribution in [3.8, 4) is 5.75 Å². The van der Waals surface area contributed by atoms with Crippen molar-refractivity contribution < 1.29 is 9.90 Å². The average molecular weight is 263 g/mol. The van der Waals surface area contributed by atoms with Gasteiger partial charge in [0.25, 0.3) is 5.91 Å². The van der Waals surface area contributed by atoms with Gasteiger partial charge < -0.3 is 10.4 Å². The maximum atomic E-state index is 11.9. The van der Waals surface area contributed by atoms with Crippen LogP contribution in [0.2, 0.25) is 5.15 Å². The van der Waals surface area contributed by atoms with Crippen LogP contribution in [0.4, 0.5) is 5.69 Å². The molecule has 0 fully saturated rings. The van der Waals surface area contributed by atoms with E-state index in [1.807, 2.05) is 0 Å². The molecule has 1 aromatic carbocycles. The number of hydrogen-bond acceptors (Lipinski definition) is 3. The Kier molecular flexibility index (Phi) is 3.48. The van der Waals surface area contributed by atoms with Crippen LogP contribution in [0.3, 0.4) is 0 Å². The zero-order valence-electron chi connectivity index (χ0n) is 9.64.